The fourth-order valence-electron chi connectivity index (χ4n) is 9.53. The van der Waals surface area contributed by atoms with Crippen LogP contribution in [0.1, 0.15) is 108 Å². The average molecular weight is 806 g/mol. The maximum Gasteiger partial charge on any atom is 0.311 e. The van der Waals surface area contributed by atoms with Gasteiger partial charge < -0.3 is 69.9 Å². The van der Waals surface area contributed by atoms with E-state index in [9.17, 15) is 30.3 Å². The molecule has 330 valence electrons. The molecule has 0 bridgehead atoms. The molecule has 0 aromatic rings. The van der Waals surface area contributed by atoms with Crippen molar-refractivity contribution in [1.82, 2.24) is 10.2 Å². The summed E-state index contributed by atoms with van der Waals surface area (Å²) in [5.41, 5.74) is 1.28. The Morgan fingerprint density at radius 2 is 1.57 bits per heavy atom. The molecule has 0 aromatic heterocycles. The summed E-state index contributed by atoms with van der Waals surface area (Å²) in [5.74, 6) is -3.35. The summed E-state index contributed by atoms with van der Waals surface area (Å²) in [5, 5.41) is 62.9. The van der Waals surface area contributed by atoms with E-state index in [1.54, 1.807) is 34.6 Å². The number of nitrogens with zero attached hydrogens (tertiary/aromatic N) is 1. The number of esters is 1. The van der Waals surface area contributed by atoms with Gasteiger partial charge in [0.25, 0.3) is 0 Å². The number of cyclic esters (lactones) is 1. The molecule has 3 aliphatic heterocycles. The largest absolute Gasteiger partial charge is 0.459 e. The molecular weight excluding hydrogens is 726 g/mol. The Morgan fingerprint density at radius 1 is 0.929 bits per heavy atom. The van der Waals surface area contributed by atoms with Crippen molar-refractivity contribution in [1.29, 1.82) is 0 Å². The number of rotatable bonds is 12. The van der Waals surface area contributed by atoms with Gasteiger partial charge in [-0.1, -0.05) is 27.7 Å². The number of hydrogen-bond acceptors (Lipinski definition) is 15. The van der Waals surface area contributed by atoms with Crippen LogP contribution in [0.5, 0.6) is 0 Å². The SMILES string of the molecule is CCC1OC(=O)[C@H](C)C(O[C@H]2C[C@@](C)(OC)[C@@H](O)[C@H](C)O2)[C@H](C)[C@@H](O[C@@H]2O[C@H](C)C[C@H](N(C)C)[C@H]2O)[C@](C)(O)C[C@@H](C)[C@H](NCCCCN)[C@H](C)[C@@H](O)[C@]1(C)O. The Bertz CT molecular complexity index is 1210. The van der Waals surface area contributed by atoms with Gasteiger partial charge in [-0.2, -0.15) is 0 Å². The highest BCUT2D eigenvalue weighted by atomic mass is 16.7. The number of nitrogens with one attached hydrogen (secondary N) is 1. The first-order valence-electron chi connectivity index (χ1n) is 20.9. The van der Waals surface area contributed by atoms with Crippen LogP contribution in [0.4, 0.5) is 0 Å². The molecule has 15 nitrogen and oxygen atoms in total. The van der Waals surface area contributed by atoms with Gasteiger partial charge in [-0.25, -0.2) is 0 Å². The van der Waals surface area contributed by atoms with Crippen LogP contribution < -0.4 is 11.1 Å². The molecule has 3 fully saturated rings. The van der Waals surface area contributed by atoms with Crippen LogP contribution >= 0.6 is 0 Å². The van der Waals surface area contributed by atoms with E-state index in [2.05, 4.69) is 5.32 Å². The van der Waals surface area contributed by atoms with Gasteiger partial charge in [0, 0.05) is 37.5 Å². The number of hydrogen-bond donors (Lipinski definition) is 7. The molecule has 3 heterocycles. The zero-order valence-electron chi connectivity index (χ0n) is 36.5. The number of likely N-dealkylation sites (N-methyl/N-ethyl adjacent to an activating group) is 1. The third kappa shape index (κ3) is 11.4. The van der Waals surface area contributed by atoms with Crippen molar-refractivity contribution in [2.24, 2.45) is 29.4 Å². The summed E-state index contributed by atoms with van der Waals surface area (Å²) < 4.78 is 37.8. The lowest BCUT2D eigenvalue weighted by Crippen LogP contribution is -2.62. The van der Waals surface area contributed by atoms with Crippen LogP contribution in [0.3, 0.4) is 0 Å². The van der Waals surface area contributed by atoms with Gasteiger partial charge in [0.2, 0.25) is 0 Å². The van der Waals surface area contributed by atoms with Crippen molar-refractivity contribution < 1.29 is 58.7 Å². The Balaban J connectivity index is 2.21. The van der Waals surface area contributed by atoms with E-state index in [1.165, 1.54) is 14.0 Å². The van der Waals surface area contributed by atoms with E-state index >= 15 is 0 Å². The summed E-state index contributed by atoms with van der Waals surface area (Å²) in [4.78, 5) is 16.2. The molecule has 0 amide bonds. The second kappa shape index (κ2) is 20.5. The van der Waals surface area contributed by atoms with Crippen molar-refractivity contribution >= 4 is 5.97 Å². The summed E-state index contributed by atoms with van der Waals surface area (Å²) in [6, 6.07) is -0.704. The van der Waals surface area contributed by atoms with Crippen LogP contribution in [-0.4, -0.2) is 161 Å². The molecule has 19 atom stereocenters. The monoisotopic (exact) mass is 806 g/mol. The number of carbonyl (C=O) groups is 1. The number of ether oxygens (including phenoxy) is 6. The molecule has 0 saturated carbocycles. The van der Waals surface area contributed by atoms with Gasteiger partial charge in [0.15, 0.2) is 12.6 Å². The lowest BCUT2D eigenvalue weighted by Gasteiger charge is -2.49. The Kier molecular flexibility index (Phi) is 18.0. The molecule has 2 unspecified atom stereocenters. The van der Waals surface area contributed by atoms with Crippen LogP contribution in [-0.2, 0) is 33.2 Å². The number of aliphatic hydroxyl groups excluding tert-OH is 3. The molecule has 0 aromatic carbocycles. The van der Waals surface area contributed by atoms with Gasteiger partial charge in [-0.3, -0.25) is 4.79 Å². The molecule has 3 saturated heterocycles. The molecule has 15 heteroatoms. The second-order valence-corrected chi connectivity index (χ2v) is 18.2. The van der Waals surface area contributed by atoms with E-state index in [-0.39, 0.29) is 37.3 Å². The highest BCUT2D eigenvalue weighted by molar-refractivity contribution is 5.73. The number of methoxy groups -OCH3 is 1. The highest BCUT2D eigenvalue weighted by Gasteiger charge is 2.53. The van der Waals surface area contributed by atoms with E-state index in [0.29, 0.717) is 19.5 Å². The molecule has 0 radical (unpaired) electrons. The molecule has 56 heavy (non-hydrogen) atoms. The van der Waals surface area contributed by atoms with E-state index in [1.807, 2.05) is 46.7 Å². The normalized spacial score (nSPS) is 47.7. The standard InChI is InChI=1S/C41H79N3O12/c1-14-29-41(10,50)34(46)24(4)31(43-18-16-15-17-42)22(2)20-39(8,49)36(56-38-32(45)28(44(11)12)19-23(3)52-38)25(5)33(26(6)37(48)54-29)55-30-21-40(9,51-13)35(47)27(7)53-30/h22-36,38,43,45-47,49-50H,14-21,42H2,1-13H3/t22-,23-,24+,25+,26-,27+,28+,29?,30+,31+,32-,33?,34-,35+,36-,38+,39-,40-,41-/m1/s1. The lowest BCUT2D eigenvalue weighted by molar-refractivity contribution is -0.318. The summed E-state index contributed by atoms with van der Waals surface area (Å²) in [6.07, 6.45) is -6.96. The summed E-state index contributed by atoms with van der Waals surface area (Å²) in [7, 11) is 5.28. The molecular formula is C41H79N3O12. The minimum Gasteiger partial charge on any atom is -0.459 e. The van der Waals surface area contributed by atoms with E-state index in [0.717, 1.165) is 12.8 Å². The Hall–Kier alpha value is -1.05. The first-order chi connectivity index (χ1) is 26.0. The van der Waals surface area contributed by atoms with Crippen LogP contribution in [0.2, 0.25) is 0 Å². The van der Waals surface area contributed by atoms with Gasteiger partial charge in [0.05, 0.1) is 47.6 Å². The van der Waals surface area contributed by atoms with Crippen molar-refractivity contribution in [3.05, 3.63) is 0 Å². The minimum absolute atomic E-state index is 0.124. The van der Waals surface area contributed by atoms with Crippen LogP contribution in [0.25, 0.3) is 0 Å². The van der Waals surface area contributed by atoms with Crippen molar-refractivity contribution in [3.8, 4) is 0 Å². The molecule has 3 aliphatic rings. The molecule has 8 N–H and O–H groups in total. The quantitative estimate of drug-likeness (QED) is 0.111. The molecule has 0 aliphatic carbocycles. The van der Waals surface area contributed by atoms with Gasteiger partial charge in [0.1, 0.15) is 23.9 Å². The van der Waals surface area contributed by atoms with Crippen LogP contribution in [0.15, 0.2) is 0 Å². The smallest absolute Gasteiger partial charge is 0.311 e. The van der Waals surface area contributed by atoms with Crippen molar-refractivity contribution in [2.45, 2.75) is 198 Å². The first-order valence-corrected chi connectivity index (χ1v) is 20.9. The maximum atomic E-state index is 14.3. The zero-order chi connectivity index (χ0) is 42.5. The van der Waals surface area contributed by atoms with E-state index in [4.69, 9.17) is 34.2 Å². The average Bonchev–Trinajstić information content (AvgIpc) is 3.12. The van der Waals surface area contributed by atoms with E-state index < -0.39 is 102 Å². The van der Waals surface area contributed by atoms with Gasteiger partial charge >= 0.3 is 5.97 Å². The number of aliphatic hydroxyl groups is 5. The Labute approximate surface area is 336 Å². The lowest BCUT2D eigenvalue weighted by atomic mass is 9.72. The number of carbonyl (C=O) groups excluding carboxylic acids is 1. The molecule has 3 rings (SSSR count). The Morgan fingerprint density at radius 3 is 2.14 bits per heavy atom. The summed E-state index contributed by atoms with van der Waals surface area (Å²) >= 11 is 0. The topological polar surface area (TPSA) is 215 Å². The predicted octanol–water partition coefficient (Wildman–Crippen LogP) is 1.91. The second-order valence-electron chi connectivity index (χ2n) is 18.2. The maximum absolute atomic E-state index is 14.3. The third-order valence-corrected chi connectivity index (χ3v) is 13.1. The fourth-order valence-corrected chi connectivity index (χ4v) is 9.53. The van der Waals surface area contributed by atoms with Gasteiger partial charge in [-0.05, 0) is 107 Å². The fraction of sp³-hybridized carbons (Fsp3) is 0.976. The number of nitrogens with two attached hydrogens (primary N) is 1. The minimum atomic E-state index is -1.84. The highest BCUT2D eigenvalue weighted by Crippen LogP contribution is 2.41. The number of unbranched alkanes of at least 4 members (excludes halogenated alkanes) is 1. The van der Waals surface area contributed by atoms with Crippen molar-refractivity contribution in [3.63, 3.8) is 0 Å². The summed E-state index contributed by atoms with van der Waals surface area (Å²) in [6.45, 7) is 18.8. The predicted molar refractivity (Wildman–Crippen MR) is 211 cm³/mol. The van der Waals surface area contributed by atoms with Crippen LogP contribution in [0, 0.1) is 23.7 Å². The third-order valence-electron chi connectivity index (χ3n) is 13.1. The zero-order valence-corrected chi connectivity index (χ0v) is 36.5. The molecule has 0 spiro atoms. The first kappa shape index (κ1) is 49.3. The van der Waals surface area contributed by atoms with Crippen molar-refractivity contribution in [2.75, 3.05) is 34.3 Å². The van der Waals surface area contributed by atoms with Gasteiger partial charge in [-0.15, -0.1) is 0 Å².